The molecule has 1 rings (SSSR count). The van der Waals surface area contributed by atoms with Crippen LogP contribution in [0, 0.1) is 0 Å². The predicted octanol–water partition coefficient (Wildman–Crippen LogP) is 2.02. The molecule has 1 aromatic rings. The first-order chi connectivity index (χ1) is 4.84. The number of hydrogen-bond donors (Lipinski definition) is 0. The first-order valence-corrected chi connectivity index (χ1v) is 5.05. The Hall–Kier alpha value is -0.248. The number of benzene rings is 1. The van der Waals surface area contributed by atoms with E-state index in [4.69, 9.17) is 0 Å². The van der Waals surface area contributed by atoms with Crippen LogP contribution in [0.25, 0.3) is 0 Å². The van der Waals surface area contributed by atoms with Gasteiger partial charge in [0.05, 0.1) is 0 Å². The molecule has 0 aromatic heterocycles. The molecule has 1 unspecified atom stereocenters. The number of rotatable bonds is 2. The molecule has 0 spiro atoms. The van der Waals surface area contributed by atoms with Gasteiger partial charge in [0.2, 0.25) is 16.3 Å². The van der Waals surface area contributed by atoms with E-state index in [0.717, 1.165) is 4.78 Å². The van der Waals surface area contributed by atoms with Crippen LogP contribution in [0.1, 0.15) is 25.1 Å². The Kier molecular flexibility index (Phi) is 2.99. The van der Waals surface area contributed by atoms with E-state index < -0.39 is 0 Å². The molecule has 0 fully saturated rings. The van der Waals surface area contributed by atoms with Gasteiger partial charge in [0.1, 0.15) is 0 Å². The molecule has 10 heavy (non-hydrogen) atoms. The van der Waals surface area contributed by atoms with E-state index in [1.54, 1.807) is 0 Å². The van der Waals surface area contributed by atoms with E-state index in [2.05, 4.69) is 37.3 Å². The van der Waals surface area contributed by atoms with E-state index in [-0.39, 0.29) is 1.43 Å². The SMILES string of the molecule is CC[CH]([AlH2])c1ccccc1.[HH]. The molecule has 0 aliphatic rings. The third-order valence-corrected chi connectivity index (χ3v) is 3.46. The fourth-order valence-electron chi connectivity index (χ4n) is 1.02. The second-order valence-electron chi connectivity index (χ2n) is 2.72. The third kappa shape index (κ3) is 1.87. The molecular formula is C9H15Al. The summed E-state index contributed by atoms with van der Waals surface area (Å²) in [7, 11) is 0. The molecule has 1 atom stereocenters. The van der Waals surface area contributed by atoms with Crippen molar-refractivity contribution in [3.05, 3.63) is 35.9 Å². The molecule has 54 valence electrons. The third-order valence-electron chi connectivity index (χ3n) is 1.98. The van der Waals surface area contributed by atoms with Gasteiger partial charge in [0.25, 0.3) is 0 Å². The van der Waals surface area contributed by atoms with Crippen LogP contribution < -0.4 is 0 Å². The highest BCUT2D eigenvalue weighted by Gasteiger charge is 1.99. The van der Waals surface area contributed by atoms with Gasteiger partial charge < -0.3 is 0 Å². The minimum Gasteiger partial charge on any atom is -0.0672 e. The van der Waals surface area contributed by atoms with Crippen LogP contribution in [0.2, 0.25) is 0 Å². The zero-order chi connectivity index (χ0) is 7.40. The fourth-order valence-corrected chi connectivity index (χ4v) is 1.40. The Morgan fingerprint density at radius 2 is 2.00 bits per heavy atom. The van der Waals surface area contributed by atoms with Gasteiger partial charge in [-0.15, -0.1) is 0 Å². The quantitative estimate of drug-likeness (QED) is 0.566. The van der Waals surface area contributed by atoms with Gasteiger partial charge in [-0.05, 0) is 0 Å². The van der Waals surface area contributed by atoms with Crippen molar-refractivity contribution in [2.75, 3.05) is 0 Å². The second kappa shape index (κ2) is 3.81. The zero-order valence-electron chi connectivity index (χ0n) is 6.67. The van der Waals surface area contributed by atoms with Gasteiger partial charge in [0.15, 0.2) is 0 Å². The smallest absolute Gasteiger partial charge is 0.0672 e. The van der Waals surface area contributed by atoms with Crippen molar-refractivity contribution in [3.63, 3.8) is 0 Å². The van der Waals surface area contributed by atoms with E-state index in [1.165, 1.54) is 28.3 Å². The molecule has 0 radical (unpaired) electrons. The monoisotopic (exact) mass is 150 g/mol. The lowest BCUT2D eigenvalue weighted by molar-refractivity contribution is 0.882. The Bertz CT molecular complexity index is 186. The normalized spacial score (nSPS) is 12.9. The summed E-state index contributed by atoms with van der Waals surface area (Å²) >= 11 is 1.28. The van der Waals surface area contributed by atoms with Gasteiger partial charge in [-0.2, -0.15) is 0 Å². The van der Waals surface area contributed by atoms with Crippen LogP contribution in [0.15, 0.2) is 30.3 Å². The van der Waals surface area contributed by atoms with E-state index in [9.17, 15) is 0 Å². The lowest BCUT2D eigenvalue weighted by Crippen LogP contribution is -1.94. The zero-order valence-corrected chi connectivity index (χ0v) is 8.67. The molecule has 1 heteroatoms. The fraction of sp³-hybridized carbons (Fsp3) is 0.333. The molecule has 0 nitrogen and oxygen atoms in total. The average Bonchev–Trinajstić information content (AvgIpc) is 2.05. The van der Waals surface area contributed by atoms with E-state index in [0.29, 0.717) is 0 Å². The largest absolute Gasteiger partial charge is 0.223 e. The van der Waals surface area contributed by atoms with E-state index >= 15 is 0 Å². The summed E-state index contributed by atoms with van der Waals surface area (Å²) in [6.45, 7) is 2.25. The van der Waals surface area contributed by atoms with Gasteiger partial charge in [-0.1, -0.05) is 54.0 Å². The summed E-state index contributed by atoms with van der Waals surface area (Å²) in [4.78, 5) is 0. The molecular weight excluding hydrogens is 135 g/mol. The minimum atomic E-state index is 0. The van der Waals surface area contributed by atoms with Crippen molar-refractivity contribution in [2.24, 2.45) is 0 Å². The van der Waals surface area contributed by atoms with Crippen LogP contribution >= 0.6 is 0 Å². The Labute approximate surface area is 72.2 Å². The molecule has 0 heterocycles. The summed E-state index contributed by atoms with van der Waals surface area (Å²) in [6.07, 6.45) is 1.29. The lowest BCUT2D eigenvalue weighted by Gasteiger charge is -2.06. The Morgan fingerprint density at radius 3 is 2.50 bits per heavy atom. The number of hydrogen-bond acceptors (Lipinski definition) is 0. The lowest BCUT2D eigenvalue weighted by atomic mass is 10.1. The molecule has 0 saturated carbocycles. The summed E-state index contributed by atoms with van der Waals surface area (Å²) in [6, 6.07) is 10.8. The first kappa shape index (κ1) is 7.86. The van der Waals surface area contributed by atoms with Crippen LogP contribution in [0.3, 0.4) is 0 Å². The Balaban J connectivity index is 0.000001000. The predicted molar refractivity (Wildman–Crippen MR) is 50.1 cm³/mol. The average molecular weight is 150 g/mol. The molecule has 0 saturated heterocycles. The molecule has 0 aliphatic carbocycles. The van der Waals surface area contributed by atoms with Crippen molar-refractivity contribution in [1.82, 2.24) is 0 Å². The van der Waals surface area contributed by atoms with Crippen LogP contribution in [-0.4, -0.2) is 16.3 Å². The molecule has 1 aromatic carbocycles. The second-order valence-corrected chi connectivity index (χ2v) is 4.11. The van der Waals surface area contributed by atoms with Crippen LogP contribution in [0.5, 0.6) is 0 Å². The first-order valence-electron chi connectivity index (χ1n) is 3.89. The van der Waals surface area contributed by atoms with Gasteiger partial charge >= 0.3 is 0 Å². The van der Waals surface area contributed by atoms with Crippen molar-refractivity contribution in [1.29, 1.82) is 0 Å². The highest BCUT2D eigenvalue weighted by Crippen LogP contribution is 2.13. The highest BCUT2D eigenvalue weighted by molar-refractivity contribution is 6.12. The summed E-state index contributed by atoms with van der Waals surface area (Å²) in [5.41, 5.74) is 1.51. The van der Waals surface area contributed by atoms with Crippen molar-refractivity contribution in [3.8, 4) is 0 Å². The Morgan fingerprint density at radius 1 is 1.40 bits per heavy atom. The van der Waals surface area contributed by atoms with Gasteiger partial charge in [-0.3, -0.25) is 0 Å². The highest BCUT2D eigenvalue weighted by atomic mass is 27.0. The van der Waals surface area contributed by atoms with Crippen molar-refractivity contribution in [2.45, 2.75) is 18.1 Å². The molecule has 0 aliphatic heterocycles. The van der Waals surface area contributed by atoms with Gasteiger partial charge in [-0.25, -0.2) is 0 Å². The van der Waals surface area contributed by atoms with Crippen LogP contribution in [-0.2, 0) is 0 Å². The summed E-state index contributed by atoms with van der Waals surface area (Å²) in [5, 5.41) is 0. The van der Waals surface area contributed by atoms with Gasteiger partial charge in [0, 0.05) is 1.43 Å². The molecule has 0 amide bonds. The topological polar surface area (TPSA) is 0 Å². The van der Waals surface area contributed by atoms with E-state index in [1.807, 2.05) is 0 Å². The summed E-state index contributed by atoms with van der Waals surface area (Å²) in [5.74, 6) is 0. The van der Waals surface area contributed by atoms with Crippen molar-refractivity contribution < 1.29 is 1.43 Å². The maximum atomic E-state index is 2.25. The maximum absolute atomic E-state index is 2.25. The van der Waals surface area contributed by atoms with Crippen LogP contribution in [0.4, 0.5) is 0 Å². The minimum absolute atomic E-state index is 0. The molecule has 0 bridgehead atoms. The summed E-state index contributed by atoms with van der Waals surface area (Å²) < 4.78 is 0.848. The molecule has 0 N–H and O–H groups in total. The standard InChI is InChI=1S/C9H11.Al.H2.2H/c1-2-6-9-7-4-3-5-8-9;;;;/h3-8H,2H2,1H3;;1H;;. The van der Waals surface area contributed by atoms with Crippen molar-refractivity contribution >= 4 is 16.3 Å². The maximum Gasteiger partial charge on any atom is 0.223 e.